The number of aromatic amines is 1. The van der Waals surface area contributed by atoms with Gasteiger partial charge in [0.2, 0.25) is 0 Å². The molecule has 3 N–H and O–H groups in total. The summed E-state index contributed by atoms with van der Waals surface area (Å²) in [6, 6.07) is 6.45. The topological polar surface area (TPSA) is 61.2 Å². The van der Waals surface area contributed by atoms with Gasteiger partial charge in [0.25, 0.3) is 0 Å². The smallest absolute Gasteiger partial charge is 0.108 e. The molecule has 1 aliphatic rings. The molecule has 114 valence electrons. The highest BCUT2D eigenvalue weighted by Crippen LogP contribution is 2.16. The van der Waals surface area contributed by atoms with Crippen LogP contribution in [-0.4, -0.2) is 59.0 Å². The van der Waals surface area contributed by atoms with Gasteiger partial charge in [0.05, 0.1) is 11.0 Å². The maximum atomic E-state index is 5.81. The molecular weight excluding hydrogens is 262 g/mol. The lowest BCUT2D eigenvalue weighted by Crippen LogP contribution is -2.39. The molecule has 0 radical (unpaired) electrons. The van der Waals surface area contributed by atoms with Crippen molar-refractivity contribution >= 4 is 16.7 Å². The molecule has 0 amide bonds. The van der Waals surface area contributed by atoms with Crippen molar-refractivity contribution in [2.75, 3.05) is 39.0 Å². The number of fused-ring (bicyclic) bond motifs is 1. The second-order valence-corrected chi connectivity index (χ2v) is 6.21. The molecule has 0 saturated carbocycles. The Morgan fingerprint density at radius 3 is 3.10 bits per heavy atom. The van der Waals surface area contributed by atoms with Crippen LogP contribution in [0.1, 0.15) is 19.2 Å². The van der Waals surface area contributed by atoms with E-state index in [9.17, 15) is 0 Å². The van der Waals surface area contributed by atoms with Crippen molar-refractivity contribution in [1.82, 2.24) is 19.8 Å². The quantitative estimate of drug-likeness (QED) is 0.844. The lowest BCUT2D eigenvalue weighted by Gasteiger charge is -2.27. The number of benzene rings is 1. The third kappa shape index (κ3) is 3.36. The maximum Gasteiger partial charge on any atom is 0.108 e. The number of nitrogen functional groups attached to an aromatic ring is 1. The van der Waals surface area contributed by atoms with Gasteiger partial charge in [-0.25, -0.2) is 4.98 Å². The Kier molecular flexibility index (Phi) is 4.12. The summed E-state index contributed by atoms with van der Waals surface area (Å²) in [5.41, 5.74) is 8.63. The summed E-state index contributed by atoms with van der Waals surface area (Å²) in [5, 5.41) is 0. The lowest BCUT2D eigenvalue weighted by molar-refractivity contribution is 0.203. The minimum atomic E-state index is 0.609. The highest BCUT2D eigenvalue weighted by Gasteiger charge is 2.19. The Morgan fingerprint density at radius 2 is 2.24 bits per heavy atom. The summed E-state index contributed by atoms with van der Waals surface area (Å²) < 4.78 is 0. The summed E-state index contributed by atoms with van der Waals surface area (Å²) >= 11 is 0. The van der Waals surface area contributed by atoms with E-state index in [4.69, 9.17) is 5.73 Å². The molecule has 5 nitrogen and oxygen atoms in total. The van der Waals surface area contributed by atoms with Gasteiger partial charge < -0.3 is 15.6 Å². The van der Waals surface area contributed by atoms with Crippen LogP contribution in [0.4, 0.5) is 5.69 Å². The van der Waals surface area contributed by atoms with Crippen LogP contribution < -0.4 is 5.73 Å². The molecular formula is C16H25N5. The predicted octanol–water partition coefficient (Wildman–Crippen LogP) is 1.71. The SMILES string of the molecule is CC1CN(C)CCCN1CCc1nc2ccc(N)cc2[nH]1. The standard InChI is InChI=1S/C16H25N5/c1-12-11-20(2)7-3-8-21(12)9-6-16-18-14-5-4-13(17)10-15(14)19-16/h4-5,10,12H,3,6-9,11,17H2,1-2H3,(H,18,19). The van der Waals surface area contributed by atoms with Crippen molar-refractivity contribution in [1.29, 1.82) is 0 Å². The predicted molar refractivity (Wildman–Crippen MR) is 87.4 cm³/mol. The minimum absolute atomic E-state index is 0.609. The Labute approximate surface area is 126 Å². The van der Waals surface area contributed by atoms with E-state index in [1.807, 2.05) is 18.2 Å². The largest absolute Gasteiger partial charge is 0.399 e. The number of H-pyrrole nitrogens is 1. The molecule has 1 atom stereocenters. The molecule has 0 spiro atoms. The molecule has 21 heavy (non-hydrogen) atoms. The van der Waals surface area contributed by atoms with Crippen molar-refractivity contribution in [3.05, 3.63) is 24.0 Å². The van der Waals surface area contributed by atoms with Crippen molar-refractivity contribution in [3.63, 3.8) is 0 Å². The van der Waals surface area contributed by atoms with Crippen LogP contribution >= 0.6 is 0 Å². The fourth-order valence-corrected chi connectivity index (χ4v) is 3.20. The molecule has 3 rings (SSSR count). The summed E-state index contributed by atoms with van der Waals surface area (Å²) in [6.07, 6.45) is 2.21. The molecule has 1 aliphatic heterocycles. The molecule has 1 saturated heterocycles. The van der Waals surface area contributed by atoms with E-state index in [0.29, 0.717) is 6.04 Å². The van der Waals surface area contributed by atoms with E-state index in [1.165, 1.54) is 19.5 Å². The van der Waals surface area contributed by atoms with E-state index in [2.05, 4.69) is 33.7 Å². The van der Waals surface area contributed by atoms with E-state index in [-0.39, 0.29) is 0 Å². The number of hydrogen-bond acceptors (Lipinski definition) is 4. The summed E-state index contributed by atoms with van der Waals surface area (Å²) in [5.74, 6) is 1.06. The van der Waals surface area contributed by atoms with Crippen molar-refractivity contribution in [2.24, 2.45) is 0 Å². The average molecular weight is 287 g/mol. The zero-order valence-electron chi connectivity index (χ0n) is 13.0. The molecule has 2 aromatic rings. The van der Waals surface area contributed by atoms with Gasteiger partial charge in [-0.3, -0.25) is 4.90 Å². The lowest BCUT2D eigenvalue weighted by atomic mass is 10.2. The van der Waals surface area contributed by atoms with Gasteiger partial charge in [0.15, 0.2) is 0 Å². The van der Waals surface area contributed by atoms with Gasteiger partial charge in [0, 0.05) is 31.2 Å². The molecule has 1 unspecified atom stereocenters. The van der Waals surface area contributed by atoms with Crippen molar-refractivity contribution in [3.8, 4) is 0 Å². The number of rotatable bonds is 3. The van der Waals surface area contributed by atoms with Crippen molar-refractivity contribution in [2.45, 2.75) is 25.8 Å². The first-order valence-corrected chi connectivity index (χ1v) is 7.78. The third-order valence-corrected chi connectivity index (χ3v) is 4.38. The van der Waals surface area contributed by atoms with Crippen molar-refractivity contribution < 1.29 is 0 Å². The van der Waals surface area contributed by atoms with Gasteiger partial charge in [-0.2, -0.15) is 0 Å². The van der Waals surface area contributed by atoms with Gasteiger partial charge in [-0.05, 0) is 51.7 Å². The maximum absolute atomic E-state index is 5.81. The number of hydrogen-bond donors (Lipinski definition) is 2. The van der Waals surface area contributed by atoms with E-state index in [0.717, 1.165) is 42.1 Å². The van der Waals surface area contributed by atoms with Crippen LogP contribution in [0.3, 0.4) is 0 Å². The highest BCUT2D eigenvalue weighted by atomic mass is 15.2. The monoisotopic (exact) mass is 287 g/mol. The summed E-state index contributed by atoms with van der Waals surface area (Å²) in [7, 11) is 2.21. The first-order chi connectivity index (χ1) is 10.1. The zero-order valence-corrected chi connectivity index (χ0v) is 13.0. The fraction of sp³-hybridized carbons (Fsp3) is 0.562. The number of anilines is 1. The van der Waals surface area contributed by atoms with Gasteiger partial charge in [-0.1, -0.05) is 0 Å². The number of imidazole rings is 1. The van der Waals surface area contributed by atoms with Crippen LogP contribution in [-0.2, 0) is 6.42 Å². The molecule has 1 fully saturated rings. The number of nitrogens with zero attached hydrogens (tertiary/aromatic N) is 3. The number of likely N-dealkylation sites (N-methyl/N-ethyl adjacent to an activating group) is 1. The average Bonchev–Trinajstić information content (AvgIpc) is 2.76. The van der Waals surface area contributed by atoms with E-state index < -0.39 is 0 Å². The summed E-state index contributed by atoms with van der Waals surface area (Å²) in [6.45, 7) is 6.91. The Hall–Kier alpha value is -1.59. The van der Waals surface area contributed by atoms with Crippen LogP contribution in [0.5, 0.6) is 0 Å². The molecule has 5 heteroatoms. The second kappa shape index (κ2) is 6.03. The Bertz CT molecular complexity index is 606. The van der Waals surface area contributed by atoms with Crippen LogP contribution in [0, 0.1) is 0 Å². The number of nitrogens with two attached hydrogens (primary N) is 1. The first kappa shape index (κ1) is 14.4. The second-order valence-electron chi connectivity index (χ2n) is 6.21. The number of aromatic nitrogens is 2. The fourth-order valence-electron chi connectivity index (χ4n) is 3.20. The summed E-state index contributed by atoms with van der Waals surface area (Å²) in [4.78, 5) is 13.0. The van der Waals surface area contributed by atoms with E-state index in [1.54, 1.807) is 0 Å². The molecule has 1 aromatic heterocycles. The van der Waals surface area contributed by atoms with Gasteiger partial charge in [0.1, 0.15) is 5.82 Å². The zero-order chi connectivity index (χ0) is 14.8. The van der Waals surface area contributed by atoms with Crippen LogP contribution in [0.15, 0.2) is 18.2 Å². The van der Waals surface area contributed by atoms with Crippen LogP contribution in [0.25, 0.3) is 11.0 Å². The highest BCUT2D eigenvalue weighted by molar-refractivity contribution is 5.78. The molecule has 0 bridgehead atoms. The molecule has 1 aromatic carbocycles. The minimum Gasteiger partial charge on any atom is -0.399 e. The molecule has 2 heterocycles. The van der Waals surface area contributed by atoms with Gasteiger partial charge in [-0.15, -0.1) is 0 Å². The van der Waals surface area contributed by atoms with Gasteiger partial charge >= 0.3 is 0 Å². The Morgan fingerprint density at radius 1 is 1.38 bits per heavy atom. The first-order valence-electron chi connectivity index (χ1n) is 7.78. The van der Waals surface area contributed by atoms with E-state index >= 15 is 0 Å². The number of nitrogens with one attached hydrogen (secondary N) is 1. The Balaban J connectivity index is 1.65. The normalized spacial score (nSPS) is 21.7. The van der Waals surface area contributed by atoms with Crippen LogP contribution in [0.2, 0.25) is 0 Å². The third-order valence-electron chi connectivity index (χ3n) is 4.38. The molecule has 0 aliphatic carbocycles.